The Morgan fingerprint density at radius 3 is 2.87 bits per heavy atom. The van der Waals surface area contributed by atoms with Gasteiger partial charge in [0.1, 0.15) is 5.84 Å². The molecule has 0 spiro atoms. The summed E-state index contributed by atoms with van der Waals surface area (Å²) in [6, 6.07) is 8.37. The lowest BCUT2D eigenvalue weighted by atomic mass is 10.1. The highest BCUT2D eigenvalue weighted by atomic mass is 16.5. The number of ether oxygens (including phenoxy) is 1. The highest BCUT2D eigenvalue weighted by molar-refractivity contribution is 6.00. The summed E-state index contributed by atoms with van der Waals surface area (Å²) < 4.78 is 5.12. The largest absolute Gasteiger partial charge is 0.383 e. The summed E-state index contributed by atoms with van der Waals surface area (Å²) in [6.45, 7) is 3.58. The van der Waals surface area contributed by atoms with E-state index in [2.05, 4.69) is 17.9 Å². The molecule has 3 nitrogen and oxygen atoms in total. The lowest BCUT2D eigenvalue weighted by Crippen LogP contribution is -2.36. The van der Waals surface area contributed by atoms with E-state index in [1.807, 2.05) is 18.2 Å². The van der Waals surface area contributed by atoms with Crippen LogP contribution < -0.4 is 0 Å². The van der Waals surface area contributed by atoms with E-state index in [0.717, 1.165) is 12.1 Å². The highest BCUT2D eigenvalue weighted by Crippen LogP contribution is 2.23. The zero-order valence-corrected chi connectivity index (χ0v) is 9.16. The number of methoxy groups -OCH3 is 1. The van der Waals surface area contributed by atoms with Crippen LogP contribution in [0.3, 0.4) is 0 Å². The number of nitrogens with zero attached hydrogens (tertiary/aromatic N) is 1. The van der Waals surface area contributed by atoms with Crippen molar-refractivity contribution in [1.29, 1.82) is 5.41 Å². The minimum atomic E-state index is 0.259. The first-order valence-electron chi connectivity index (χ1n) is 5.16. The molecule has 0 radical (unpaired) electrons. The van der Waals surface area contributed by atoms with Gasteiger partial charge in [-0.05, 0) is 12.5 Å². The van der Waals surface area contributed by atoms with E-state index in [9.17, 15) is 0 Å². The number of hydrogen-bond acceptors (Lipinski definition) is 2. The maximum atomic E-state index is 8.07. The van der Waals surface area contributed by atoms with Crippen LogP contribution in [0.2, 0.25) is 0 Å². The quantitative estimate of drug-likeness (QED) is 0.815. The Morgan fingerprint density at radius 2 is 2.20 bits per heavy atom. The summed E-state index contributed by atoms with van der Waals surface area (Å²) in [6.07, 6.45) is 0. The van der Waals surface area contributed by atoms with Crippen molar-refractivity contribution in [1.82, 2.24) is 4.90 Å². The average molecular weight is 204 g/mol. The molecule has 1 aromatic carbocycles. The van der Waals surface area contributed by atoms with E-state index < -0.39 is 0 Å². The van der Waals surface area contributed by atoms with Crippen molar-refractivity contribution in [3.05, 3.63) is 35.4 Å². The third-order valence-corrected chi connectivity index (χ3v) is 2.84. The summed E-state index contributed by atoms with van der Waals surface area (Å²) >= 11 is 0. The molecule has 3 heteroatoms. The Hall–Kier alpha value is -1.35. The summed E-state index contributed by atoms with van der Waals surface area (Å²) in [4.78, 5) is 2.08. The van der Waals surface area contributed by atoms with Gasteiger partial charge in [0.05, 0.1) is 12.6 Å². The number of hydrogen-bond donors (Lipinski definition) is 1. The summed E-state index contributed by atoms with van der Waals surface area (Å²) in [5.74, 6) is 0.621. The SMILES string of the molecule is COC[C@@H](C)N1Cc2ccccc2C1=N. The molecular formula is C12H16N2O. The molecule has 0 aromatic heterocycles. The lowest BCUT2D eigenvalue weighted by Gasteiger charge is -2.25. The fourth-order valence-electron chi connectivity index (χ4n) is 2.01. The third kappa shape index (κ3) is 1.75. The average Bonchev–Trinajstić information content (AvgIpc) is 2.57. The third-order valence-electron chi connectivity index (χ3n) is 2.84. The number of fused-ring (bicyclic) bond motifs is 1. The first kappa shape index (κ1) is 10.2. The van der Waals surface area contributed by atoms with Gasteiger partial charge in [-0.2, -0.15) is 0 Å². The Balaban J connectivity index is 2.20. The van der Waals surface area contributed by atoms with Crippen LogP contribution in [-0.2, 0) is 11.3 Å². The molecule has 1 aromatic rings. The number of amidine groups is 1. The summed E-state index contributed by atoms with van der Waals surface area (Å²) in [5, 5.41) is 8.07. The molecule has 0 bridgehead atoms. The molecule has 0 fully saturated rings. The molecule has 1 aliphatic heterocycles. The van der Waals surface area contributed by atoms with Gasteiger partial charge < -0.3 is 9.64 Å². The van der Waals surface area contributed by atoms with Crippen LogP contribution in [0.5, 0.6) is 0 Å². The maximum Gasteiger partial charge on any atom is 0.129 e. The Labute approximate surface area is 90.2 Å². The van der Waals surface area contributed by atoms with Crippen LogP contribution in [0, 0.1) is 5.41 Å². The summed E-state index contributed by atoms with van der Waals surface area (Å²) in [5.41, 5.74) is 2.30. The molecule has 1 atom stereocenters. The van der Waals surface area contributed by atoms with Gasteiger partial charge in [0, 0.05) is 19.2 Å². The maximum absolute atomic E-state index is 8.07. The van der Waals surface area contributed by atoms with Crippen LogP contribution in [0.25, 0.3) is 0 Å². The van der Waals surface area contributed by atoms with Crippen LogP contribution in [0.15, 0.2) is 24.3 Å². The number of rotatable bonds is 3. The van der Waals surface area contributed by atoms with Gasteiger partial charge >= 0.3 is 0 Å². The van der Waals surface area contributed by atoms with E-state index in [-0.39, 0.29) is 6.04 Å². The van der Waals surface area contributed by atoms with Crippen molar-refractivity contribution in [3.8, 4) is 0 Å². The van der Waals surface area contributed by atoms with Crippen LogP contribution in [-0.4, -0.2) is 30.5 Å². The second kappa shape index (κ2) is 4.03. The predicted molar refractivity (Wildman–Crippen MR) is 60.2 cm³/mol. The first-order chi connectivity index (χ1) is 7.24. The van der Waals surface area contributed by atoms with E-state index in [1.165, 1.54) is 5.56 Å². The van der Waals surface area contributed by atoms with Gasteiger partial charge in [-0.1, -0.05) is 24.3 Å². The fraction of sp³-hybridized carbons (Fsp3) is 0.417. The van der Waals surface area contributed by atoms with E-state index >= 15 is 0 Å². The zero-order chi connectivity index (χ0) is 10.8. The molecule has 15 heavy (non-hydrogen) atoms. The number of benzene rings is 1. The van der Waals surface area contributed by atoms with Crippen molar-refractivity contribution in [2.75, 3.05) is 13.7 Å². The second-order valence-electron chi connectivity index (χ2n) is 3.94. The summed E-state index contributed by atoms with van der Waals surface area (Å²) in [7, 11) is 1.70. The Bertz CT molecular complexity index is 376. The van der Waals surface area contributed by atoms with Crippen LogP contribution in [0.1, 0.15) is 18.1 Å². The molecule has 2 rings (SSSR count). The molecule has 0 unspecified atom stereocenters. The van der Waals surface area contributed by atoms with Crippen molar-refractivity contribution < 1.29 is 4.74 Å². The van der Waals surface area contributed by atoms with E-state index in [1.54, 1.807) is 7.11 Å². The first-order valence-corrected chi connectivity index (χ1v) is 5.16. The van der Waals surface area contributed by atoms with Gasteiger partial charge in [-0.25, -0.2) is 0 Å². The van der Waals surface area contributed by atoms with E-state index in [4.69, 9.17) is 10.1 Å². The molecule has 0 saturated heterocycles. The normalized spacial score (nSPS) is 16.7. The van der Waals surface area contributed by atoms with Crippen molar-refractivity contribution in [3.63, 3.8) is 0 Å². The Kier molecular flexibility index (Phi) is 2.73. The smallest absolute Gasteiger partial charge is 0.129 e. The minimum absolute atomic E-state index is 0.259. The van der Waals surface area contributed by atoms with Crippen LogP contribution in [0.4, 0.5) is 0 Å². The van der Waals surface area contributed by atoms with Crippen molar-refractivity contribution in [2.45, 2.75) is 19.5 Å². The zero-order valence-electron chi connectivity index (χ0n) is 9.16. The van der Waals surface area contributed by atoms with Gasteiger partial charge in [0.15, 0.2) is 0 Å². The van der Waals surface area contributed by atoms with E-state index in [0.29, 0.717) is 12.4 Å². The van der Waals surface area contributed by atoms with Crippen molar-refractivity contribution >= 4 is 5.84 Å². The van der Waals surface area contributed by atoms with Crippen LogP contribution >= 0.6 is 0 Å². The molecule has 1 N–H and O–H groups in total. The van der Waals surface area contributed by atoms with Gasteiger partial charge in [-0.3, -0.25) is 5.41 Å². The molecule has 1 heterocycles. The molecule has 0 aliphatic carbocycles. The molecule has 0 amide bonds. The molecule has 0 saturated carbocycles. The van der Waals surface area contributed by atoms with Crippen molar-refractivity contribution in [2.24, 2.45) is 0 Å². The molecular weight excluding hydrogens is 188 g/mol. The highest BCUT2D eigenvalue weighted by Gasteiger charge is 2.26. The van der Waals surface area contributed by atoms with Gasteiger partial charge in [0.2, 0.25) is 0 Å². The van der Waals surface area contributed by atoms with Gasteiger partial charge in [-0.15, -0.1) is 0 Å². The Morgan fingerprint density at radius 1 is 1.47 bits per heavy atom. The predicted octanol–water partition coefficient (Wildman–Crippen LogP) is 1.86. The fourth-order valence-corrected chi connectivity index (χ4v) is 2.01. The topological polar surface area (TPSA) is 36.3 Å². The second-order valence-corrected chi connectivity index (χ2v) is 3.94. The van der Waals surface area contributed by atoms with Gasteiger partial charge in [0.25, 0.3) is 0 Å². The minimum Gasteiger partial charge on any atom is -0.383 e. The monoisotopic (exact) mass is 204 g/mol. The lowest BCUT2D eigenvalue weighted by molar-refractivity contribution is 0.135. The molecule has 80 valence electrons. The molecule has 1 aliphatic rings. The standard InChI is InChI=1S/C12H16N2O/c1-9(8-15-2)14-7-10-5-3-4-6-11(10)12(14)13/h3-6,9,13H,7-8H2,1-2H3/t9-/m1/s1. The number of nitrogens with one attached hydrogen (secondary N) is 1.